The monoisotopic (exact) mass is 204 g/mol. The summed E-state index contributed by atoms with van der Waals surface area (Å²) in [6, 6.07) is 3.93. The molecular formula is C12H14NO2. The normalized spacial score (nSPS) is 10.6. The smallest absolute Gasteiger partial charge is 0.162 e. The second-order valence-corrected chi connectivity index (χ2v) is 3.29. The number of fused-ring (bicyclic) bond motifs is 1. The van der Waals surface area contributed by atoms with Gasteiger partial charge < -0.3 is 14.5 Å². The van der Waals surface area contributed by atoms with Crippen LogP contribution in [-0.2, 0) is 0 Å². The van der Waals surface area contributed by atoms with Crippen LogP contribution >= 0.6 is 0 Å². The van der Waals surface area contributed by atoms with E-state index in [-0.39, 0.29) is 0 Å². The second kappa shape index (κ2) is 3.85. The minimum Gasteiger partial charge on any atom is -0.493 e. The van der Waals surface area contributed by atoms with Crippen molar-refractivity contribution >= 4 is 10.9 Å². The number of hydrogen-bond acceptors (Lipinski definition) is 2. The molecule has 2 rings (SSSR count). The molecule has 3 heteroatoms. The third-order valence-electron chi connectivity index (χ3n) is 2.53. The molecule has 1 aromatic heterocycles. The third-order valence-corrected chi connectivity index (χ3v) is 2.53. The Morgan fingerprint density at radius 3 is 2.40 bits per heavy atom. The molecule has 0 aliphatic carbocycles. The SMILES string of the molecule is C[CH]c1c[nH]c2cc(OC)c(OC)cc12. The quantitative estimate of drug-likeness (QED) is 0.834. The fraction of sp³-hybridized carbons (Fsp3) is 0.250. The first kappa shape index (κ1) is 9.90. The highest BCUT2D eigenvalue weighted by Gasteiger charge is 2.09. The number of nitrogens with one attached hydrogen (secondary N) is 1. The molecule has 0 atom stereocenters. The van der Waals surface area contributed by atoms with Crippen molar-refractivity contribution in [1.29, 1.82) is 0 Å². The summed E-state index contributed by atoms with van der Waals surface area (Å²) in [6.45, 7) is 2.01. The Balaban J connectivity index is 2.66. The molecule has 1 heterocycles. The Hall–Kier alpha value is -1.64. The first-order valence-electron chi connectivity index (χ1n) is 4.82. The van der Waals surface area contributed by atoms with Gasteiger partial charge in [-0.15, -0.1) is 0 Å². The molecule has 1 radical (unpaired) electrons. The van der Waals surface area contributed by atoms with E-state index >= 15 is 0 Å². The standard InChI is InChI=1S/C12H14NO2/c1-4-8-7-13-10-6-12(15-3)11(14-2)5-9(8)10/h4-7,13H,1-3H3. The first-order chi connectivity index (χ1) is 7.30. The van der Waals surface area contributed by atoms with Gasteiger partial charge in [0.25, 0.3) is 0 Å². The van der Waals surface area contributed by atoms with Crippen LogP contribution in [0.25, 0.3) is 10.9 Å². The van der Waals surface area contributed by atoms with E-state index in [1.165, 1.54) is 5.56 Å². The zero-order chi connectivity index (χ0) is 10.8. The molecule has 2 aromatic rings. The van der Waals surface area contributed by atoms with E-state index in [0.29, 0.717) is 0 Å². The molecule has 0 amide bonds. The summed E-state index contributed by atoms with van der Waals surface area (Å²) in [5, 5.41) is 1.15. The van der Waals surface area contributed by atoms with Gasteiger partial charge in [0, 0.05) is 23.2 Å². The highest BCUT2D eigenvalue weighted by molar-refractivity contribution is 5.87. The third kappa shape index (κ3) is 1.54. The van der Waals surface area contributed by atoms with E-state index in [4.69, 9.17) is 9.47 Å². The van der Waals surface area contributed by atoms with Gasteiger partial charge in [-0.05, 0) is 18.1 Å². The summed E-state index contributed by atoms with van der Waals surface area (Å²) in [6.07, 6.45) is 4.04. The highest BCUT2D eigenvalue weighted by atomic mass is 16.5. The summed E-state index contributed by atoms with van der Waals surface area (Å²) in [7, 11) is 3.28. The van der Waals surface area contributed by atoms with Crippen molar-refractivity contribution in [3.63, 3.8) is 0 Å². The molecule has 0 bridgehead atoms. The largest absolute Gasteiger partial charge is 0.493 e. The highest BCUT2D eigenvalue weighted by Crippen LogP contribution is 2.33. The number of ether oxygens (including phenoxy) is 2. The van der Waals surface area contributed by atoms with Crippen LogP contribution in [0, 0.1) is 6.42 Å². The fourth-order valence-electron chi connectivity index (χ4n) is 1.71. The van der Waals surface area contributed by atoms with E-state index in [2.05, 4.69) is 11.4 Å². The summed E-state index contributed by atoms with van der Waals surface area (Å²) in [4.78, 5) is 3.20. The molecule has 0 fully saturated rings. The minimum atomic E-state index is 0.745. The van der Waals surface area contributed by atoms with Crippen LogP contribution in [0.4, 0.5) is 0 Å². The predicted molar refractivity (Wildman–Crippen MR) is 60.5 cm³/mol. The molecule has 0 saturated heterocycles. The Labute approximate surface area is 89.0 Å². The van der Waals surface area contributed by atoms with Crippen molar-refractivity contribution in [3.8, 4) is 11.5 Å². The number of aromatic amines is 1. The van der Waals surface area contributed by atoms with Crippen molar-refractivity contribution in [1.82, 2.24) is 4.98 Å². The zero-order valence-corrected chi connectivity index (χ0v) is 9.13. The van der Waals surface area contributed by atoms with Gasteiger partial charge >= 0.3 is 0 Å². The molecule has 0 unspecified atom stereocenters. The molecule has 0 saturated carbocycles. The van der Waals surface area contributed by atoms with Gasteiger partial charge in [-0.1, -0.05) is 6.92 Å². The van der Waals surface area contributed by atoms with Crippen LogP contribution in [0.2, 0.25) is 0 Å². The maximum absolute atomic E-state index is 5.26. The van der Waals surface area contributed by atoms with Crippen LogP contribution in [0.15, 0.2) is 18.3 Å². The van der Waals surface area contributed by atoms with Crippen LogP contribution in [0.5, 0.6) is 11.5 Å². The lowest BCUT2D eigenvalue weighted by atomic mass is 10.1. The fourth-order valence-corrected chi connectivity index (χ4v) is 1.71. The van der Waals surface area contributed by atoms with Gasteiger partial charge in [0.05, 0.1) is 14.2 Å². The number of H-pyrrole nitrogens is 1. The molecule has 79 valence electrons. The van der Waals surface area contributed by atoms with Gasteiger partial charge in [0.1, 0.15) is 0 Å². The molecule has 1 aromatic carbocycles. The number of hydrogen-bond donors (Lipinski definition) is 1. The Morgan fingerprint density at radius 2 is 1.80 bits per heavy atom. The zero-order valence-electron chi connectivity index (χ0n) is 9.13. The average molecular weight is 204 g/mol. The molecule has 0 aliphatic rings. The lowest BCUT2D eigenvalue weighted by Gasteiger charge is -2.07. The van der Waals surface area contributed by atoms with Crippen molar-refractivity contribution in [2.24, 2.45) is 0 Å². The van der Waals surface area contributed by atoms with Gasteiger partial charge in [-0.25, -0.2) is 0 Å². The molecule has 3 nitrogen and oxygen atoms in total. The maximum Gasteiger partial charge on any atom is 0.162 e. The van der Waals surface area contributed by atoms with Gasteiger partial charge in [0.15, 0.2) is 11.5 Å². The summed E-state index contributed by atoms with van der Waals surface area (Å²) in [5.41, 5.74) is 2.23. The van der Waals surface area contributed by atoms with E-state index in [1.54, 1.807) is 14.2 Å². The van der Waals surface area contributed by atoms with E-state index in [1.807, 2.05) is 25.3 Å². The lowest BCUT2D eigenvalue weighted by Crippen LogP contribution is -1.90. The van der Waals surface area contributed by atoms with Crippen LogP contribution < -0.4 is 9.47 Å². The average Bonchev–Trinajstić information content (AvgIpc) is 2.68. The topological polar surface area (TPSA) is 34.2 Å². The van der Waals surface area contributed by atoms with Crippen LogP contribution in [-0.4, -0.2) is 19.2 Å². The van der Waals surface area contributed by atoms with Crippen molar-refractivity contribution in [3.05, 3.63) is 30.3 Å². The molecule has 15 heavy (non-hydrogen) atoms. The Morgan fingerprint density at radius 1 is 1.13 bits per heavy atom. The van der Waals surface area contributed by atoms with Crippen LogP contribution in [0.3, 0.4) is 0 Å². The summed E-state index contributed by atoms with van der Waals surface area (Å²) < 4.78 is 10.5. The molecule has 0 spiro atoms. The van der Waals surface area contributed by atoms with Crippen molar-refractivity contribution in [2.75, 3.05) is 14.2 Å². The number of aromatic nitrogens is 1. The first-order valence-corrected chi connectivity index (χ1v) is 4.82. The van der Waals surface area contributed by atoms with E-state index < -0.39 is 0 Å². The van der Waals surface area contributed by atoms with Crippen molar-refractivity contribution < 1.29 is 9.47 Å². The van der Waals surface area contributed by atoms with Gasteiger partial charge in [-0.2, -0.15) is 0 Å². The summed E-state index contributed by atoms with van der Waals surface area (Å²) >= 11 is 0. The Bertz CT molecular complexity index is 474. The summed E-state index contributed by atoms with van der Waals surface area (Å²) in [5.74, 6) is 1.50. The van der Waals surface area contributed by atoms with E-state index in [0.717, 1.165) is 22.4 Å². The Kier molecular flexibility index (Phi) is 2.54. The van der Waals surface area contributed by atoms with Crippen LogP contribution in [0.1, 0.15) is 12.5 Å². The van der Waals surface area contributed by atoms with E-state index in [9.17, 15) is 0 Å². The molecule has 0 aliphatic heterocycles. The van der Waals surface area contributed by atoms with Gasteiger partial charge in [-0.3, -0.25) is 0 Å². The van der Waals surface area contributed by atoms with Gasteiger partial charge in [0.2, 0.25) is 0 Å². The number of rotatable bonds is 3. The molecule has 1 N–H and O–H groups in total. The molecular weight excluding hydrogens is 190 g/mol. The number of benzene rings is 1. The number of methoxy groups -OCH3 is 2. The van der Waals surface area contributed by atoms with Crippen molar-refractivity contribution in [2.45, 2.75) is 6.92 Å². The minimum absolute atomic E-state index is 0.745. The maximum atomic E-state index is 5.26. The second-order valence-electron chi connectivity index (χ2n) is 3.29. The lowest BCUT2D eigenvalue weighted by molar-refractivity contribution is 0.356. The predicted octanol–water partition coefficient (Wildman–Crippen LogP) is 2.76.